The number of aliphatic hydroxyl groups excluding tert-OH is 2. The fraction of sp³-hybridized carbons (Fsp3) is 0.714. The molecule has 0 radical (unpaired) electrons. The van der Waals surface area contributed by atoms with Crippen LogP contribution in [0.1, 0.15) is 6.92 Å². The van der Waals surface area contributed by atoms with E-state index in [-0.39, 0.29) is 6.10 Å². The second kappa shape index (κ2) is 1.61. The molecule has 2 heterocycles. The first-order valence-corrected chi connectivity index (χ1v) is 3.37. The minimum atomic E-state index is -0.762. The second-order valence-electron chi connectivity index (χ2n) is 3.06. The summed E-state index contributed by atoms with van der Waals surface area (Å²) in [6.45, 7) is 1.77. The van der Waals surface area contributed by atoms with Gasteiger partial charge in [-0.1, -0.05) is 12.2 Å². The summed E-state index contributed by atoms with van der Waals surface area (Å²) < 4.78 is 5.27. The van der Waals surface area contributed by atoms with Crippen molar-refractivity contribution in [1.29, 1.82) is 0 Å². The van der Waals surface area contributed by atoms with Crippen LogP contribution in [0.5, 0.6) is 0 Å². The van der Waals surface area contributed by atoms with Gasteiger partial charge in [0.1, 0.15) is 23.9 Å². The first kappa shape index (κ1) is 6.34. The fourth-order valence-electron chi connectivity index (χ4n) is 1.53. The topological polar surface area (TPSA) is 49.7 Å². The van der Waals surface area contributed by atoms with Crippen LogP contribution in [0.3, 0.4) is 0 Å². The lowest BCUT2D eigenvalue weighted by molar-refractivity contribution is -0.0142. The van der Waals surface area contributed by atoms with Crippen molar-refractivity contribution < 1.29 is 14.9 Å². The zero-order valence-corrected chi connectivity index (χ0v) is 5.69. The quantitative estimate of drug-likeness (QED) is 0.445. The van der Waals surface area contributed by atoms with E-state index in [1.54, 1.807) is 19.1 Å². The normalized spacial score (nSPS) is 58.1. The lowest BCUT2D eigenvalue weighted by Gasteiger charge is -2.22. The Morgan fingerprint density at radius 3 is 2.50 bits per heavy atom. The molecule has 3 nitrogen and oxygen atoms in total. The van der Waals surface area contributed by atoms with Crippen LogP contribution >= 0.6 is 0 Å². The maximum absolute atomic E-state index is 9.32. The summed E-state index contributed by atoms with van der Waals surface area (Å²) >= 11 is 0. The van der Waals surface area contributed by atoms with Crippen molar-refractivity contribution in [1.82, 2.24) is 0 Å². The molecule has 2 aliphatic heterocycles. The van der Waals surface area contributed by atoms with Gasteiger partial charge in [-0.05, 0) is 6.92 Å². The van der Waals surface area contributed by atoms with Gasteiger partial charge in [0.25, 0.3) is 0 Å². The number of hydrogen-bond acceptors (Lipinski definition) is 3. The molecule has 0 amide bonds. The predicted octanol–water partition coefficient (Wildman–Crippen LogP) is -0.565. The maximum Gasteiger partial charge on any atom is 0.115 e. The minimum Gasteiger partial charge on any atom is -0.387 e. The van der Waals surface area contributed by atoms with Crippen molar-refractivity contribution in [2.75, 3.05) is 0 Å². The first-order valence-electron chi connectivity index (χ1n) is 3.37. The molecule has 0 aromatic carbocycles. The molecule has 4 atom stereocenters. The molecule has 1 saturated heterocycles. The van der Waals surface area contributed by atoms with Crippen molar-refractivity contribution in [3.8, 4) is 0 Å². The van der Waals surface area contributed by atoms with Crippen LogP contribution in [0.15, 0.2) is 12.2 Å². The highest BCUT2D eigenvalue weighted by Gasteiger charge is 2.52. The number of aliphatic hydroxyl groups is 2. The summed E-state index contributed by atoms with van der Waals surface area (Å²) in [7, 11) is 0. The Balaban J connectivity index is 2.35. The lowest BCUT2D eigenvalue weighted by atomic mass is 9.91. The summed E-state index contributed by atoms with van der Waals surface area (Å²) in [6.07, 6.45) is 1.80. The van der Waals surface area contributed by atoms with Crippen molar-refractivity contribution in [2.24, 2.45) is 0 Å². The van der Waals surface area contributed by atoms with Crippen LogP contribution in [0.4, 0.5) is 0 Å². The van der Waals surface area contributed by atoms with Crippen LogP contribution in [0, 0.1) is 0 Å². The van der Waals surface area contributed by atoms with Crippen molar-refractivity contribution >= 4 is 0 Å². The highest BCUT2D eigenvalue weighted by atomic mass is 16.6. The maximum atomic E-state index is 9.32. The second-order valence-corrected chi connectivity index (χ2v) is 3.06. The van der Waals surface area contributed by atoms with Gasteiger partial charge in [0.2, 0.25) is 0 Å². The molecule has 2 rings (SSSR count). The zero-order chi connectivity index (χ0) is 7.35. The van der Waals surface area contributed by atoms with E-state index >= 15 is 0 Å². The van der Waals surface area contributed by atoms with Gasteiger partial charge in [0.05, 0.1) is 0 Å². The van der Waals surface area contributed by atoms with E-state index in [9.17, 15) is 10.2 Å². The number of hydrogen-bond donors (Lipinski definition) is 2. The molecule has 0 aromatic heterocycles. The van der Waals surface area contributed by atoms with Crippen molar-refractivity contribution in [3.05, 3.63) is 12.2 Å². The van der Waals surface area contributed by atoms with Gasteiger partial charge in [-0.2, -0.15) is 0 Å². The lowest BCUT2D eigenvalue weighted by Crippen LogP contribution is -2.40. The highest BCUT2D eigenvalue weighted by molar-refractivity contribution is 5.22. The number of fused-ring (bicyclic) bond motifs is 2. The Hall–Kier alpha value is -0.380. The van der Waals surface area contributed by atoms with E-state index < -0.39 is 17.8 Å². The van der Waals surface area contributed by atoms with Crippen LogP contribution in [0.25, 0.3) is 0 Å². The average Bonchev–Trinajstić information content (AvgIpc) is 2.35. The van der Waals surface area contributed by atoms with Crippen LogP contribution in [-0.4, -0.2) is 34.1 Å². The first-order chi connectivity index (χ1) is 4.63. The number of rotatable bonds is 0. The molecule has 0 saturated carbocycles. The molecule has 4 unspecified atom stereocenters. The summed E-state index contributed by atoms with van der Waals surface area (Å²) in [5.41, 5.74) is -0.635. The van der Waals surface area contributed by atoms with E-state index in [2.05, 4.69) is 0 Å². The van der Waals surface area contributed by atoms with Gasteiger partial charge in [0.15, 0.2) is 0 Å². The van der Waals surface area contributed by atoms with E-state index in [0.717, 1.165) is 0 Å². The Bertz CT molecular complexity index is 189. The van der Waals surface area contributed by atoms with Crippen molar-refractivity contribution in [3.63, 3.8) is 0 Å². The van der Waals surface area contributed by atoms with E-state index in [1.807, 2.05) is 0 Å². The third kappa shape index (κ3) is 0.551. The van der Waals surface area contributed by atoms with Gasteiger partial charge in [-0.15, -0.1) is 0 Å². The SMILES string of the molecule is CC12C=CC(O1)C(O)C2O. The van der Waals surface area contributed by atoms with Crippen LogP contribution in [0.2, 0.25) is 0 Å². The largest absolute Gasteiger partial charge is 0.387 e. The summed E-state index contributed by atoms with van der Waals surface area (Å²) in [5.74, 6) is 0. The van der Waals surface area contributed by atoms with Gasteiger partial charge in [0, 0.05) is 0 Å². The Morgan fingerprint density at radius 1 is 1.50 bits per heavy atom. The zero-order valence-electron chi connectivity index (χ0n) is 5.69. The smallest absolute Gasteiger partial charge is 0.115 e. The molecular formula is C7H10O3. The van der Waals surface area contributed by atoms with Crippen LogP contribution < -0.4 is 0 Å². The standard InChI is InChI=1S/C7H10O3/c1-7-3-2-4(10-7)5(8)6(7)9/h2-6,8-9H,1H3. The molecule has 56 valence electrons. The van der Waals surface area contributed by atoms with E-state index in [0.29, 0.717) is 0 Å². The molecule has 2 N–H and O–H groups in total. The molecule has 2 aliphatic rings. The van der Waals surface area contributed by atoms with Gasteiger partial charge in [-0.25, -0.2) is 0 Å². The molecule has 1 fully saturated rings. The Labute approximate surface area is 58.9 Å². The third-order valence-corrected chi connectivity index (χ3v) is 2.25. The minimum absolute atomic E-state index is 0.292. The van der Waals surface area contributed by atoms with Crippen LogP contribution in [-0.2, 0) is 4.74 Å². The molecule has 3 heteroatoms. The molecule has 0 spiro atoms. The average molecular weight is 142 g/mol. The Kier molecular flexibility index (Phi) is 1.02. The summed E-state index contributed by atoms with van der Waals surface area (Å²) in [4.78, 5) is 0. The Morgan fingerprint density at radius 2 is 2.20 bits per heavy atom. The van der Waals surface area contributed by atoms with E-state index in [4.69, 9.17) is 4.74 Å². The monoisotopic (exact) mass is 142 g/mol. The molecule has 10 heavy (non-hydrogen) atoms. The van der Waals surface area contributed by atoms with E-state index in [1.165, 1.54) is 0 Å². The summed E-state index contributed by atoms with van der Waals surface area (Å²) in [5, 5.41) is 18.5. The summed E-state index contributed by atoms with van der Waals surface area (Å²) in [6, 6.07) is 0. The third-order valence-electron chi connectivity index (χ3n) is 2.25. The molecule has 0 aromatic rings. The van der Waals surface area contributed by atoms with Gasteiger partial charge >= 0.3 is 0 Å². The van der Waals surface area contributed by atoms with Gasteiger partial charge in [-0.3, -0.25) is 0 Å². The fourth-order valence-corrected chi connectivity index (χ4v) is 1.53. The molecular weight excluding hydrogens is 132 g/mol. The number of ether oxygens (including phenoxy) is 1. The van der Waals surface area contributed by atoms with Gasteiger partial charge < -0.3 is 14.9 Å². The predicted molar refractivity (Wildman–Crippen MR) is 34.4 cm³/mol. The molecule has 2 bridgehead atoms. The highest BCUT2D eigenvalue weighted by Crippen LogP contribution is 2.37. The molecule has 0 aliphatic carbocycles. The van der Waals surface area contributed by atoms with Crippen molar-refractivity contribution in [2.45, 2.75) is 30.8 Å².